The van der Waals surface area contributed by atoms with Crippen molar-refractivity contribution in [2.45, 2.75) is 52.4 Å². The average molecular weight is 276 g/mol. The van der Waals surface area contributed by atoms with Gasteiger partial charge in [0.2, 0.25) is 0 Å². The van der Waals surface area contributed by atoms with Gasteiger partial charge < -0.3 is 4.74 Å². The molecule has 20 heavy (non-hydrogen) atoms. The lowest BCUT2D eigenvalue weighted by molar-refractivity contribution is -0.136. The number of hydrogen-bond donors (Lipinski definition) is 0. The molecule has 0 aromatic carbocycles. The summed E-state index contributed by atoms with van der Waals surface area (Å²) in [4.78, 5) is 11.8. The highest BCUT2D eigenvalue weighted by Crippen LogP contribution is 2.57. The maximum absolute atomic E-state index is 11.8. The maximum atomic E-state index is 11.8. The van der Waals surface area contributed by atoms with Crippen molar-refractivity contribution in [3.05, 3.63) is 11.6 Å². The molecule has 0 aromatic rings. The van der Waals surface area contributed by atoms with Gasteiger partial charge in [-0.05, 0) is 74.0 Å². The zero-order valence-electron chi connectivity index (χ0n) is 13.1. The summed E-state index contributed by atoms with van der Waals surface area (Å²) in [5.74, 6) is 4.90. The van der Waals surface area contributed by atoms with Crippen LogP contribution in [0.2, 0.25) is 0 Å². The first-order chi connectivity index (χ1) is 9.58. The smallest absolute Gasteiger partial charge is 0.333 e. The van der Waals surface area contributed by atoms with Gasteiger partial charge in [0, 0.05) is 5.57 Å². The second-order valence-electron chi connectivity index (χ2n) is 7.64. The second kappa shape index (κ2) is 5.54. The van der Waals surface area contributed by atoms with E-state index in [9.17, 15) is 4.79 Å². The quantitative estimate of drug-likeness (QED) is 0.568. The number of methoxy groups -OCH3 is 1. The summed E-state index contributed by atoms with van der Waals surface area (Å²) in [5.41, 5.74) is 0.876. The first kappa shape index (κ1) is 14.2. The molecule has 0 atom stereocenters. The van der Waals surface area contributed by atoms with E-state index >= 15 is 0 Å². The van der Waals surface area contributed by atoms with Gasteiger partial charge >= 0.3 is 5.97 Å². The van der Waals surface area contributed by atoms with Gasteiger partial charge in [0.15, 0.2) is 0 Å². The van der Waals surface area contributed by atoms with E-state index in [0.717, 1.165) is 41.6 Å². The van der Waals surface area contributed by atoms with E-state index in [1.165, 1.54) is 39.2 Å². The topological polar surface area (TPSA) is 26.3 Å². The molecule has 0 saturated heterocycles. The minimum absolute atomic E-state index is 0.135. The molecule has 0 spiro atoms. The summed E-state index contributed by atoms with van der Waals surface area (Å²) in [6.07, 6.45) is 10.6. The Morgan fingerprint density at radius 3 is 2.10 bits per heavy atom. The van der Waals surface area contributed by atoms with Crippen molar-refractivity contribution >= 4 is 5.97 Å². The van der Waals surface area contributed by atoms with E-state index < -0.39 is 0 Å². The Kier molecular flexibility index (Phi) is 3.92. The zero-order valence-corrected chi connectivity index (χ0v) is 13.1. The Morgan fingerprint density at radius 1 is 1.10 bits per heavy atom. The Hall–Kier alpha value is -0.790. The van der Waals surface area contributed by atoms with Gasteiger partial charge in [-0.3, -0.25) is 0 Å². The Bertz CT molecular complexity index is 380. The number of ether oxygens (including phenoxy) is 1. The summed E-state index contributed by atoms with van der Waals surface area (Å²) in [5, 5.41) is 0. The van der Waals surface area contributed by atoms with Crippen molar-refractivity contribution in [3.8, 4) is 0 Å². The van der Waals surface area contributed by atoms with E-state index in [2.05, 4.69) is 19.9 Å². The van der Waals surface area contributed by atoms with Crippen molar-refractivity contribution in [2.75, 3.05) is 7.11 Å². The number of rotatable bonds is 4. The first-order valence-corrected chi connectivity index (χ1v) is 8.36. The van der Waals surface area contributed by atoms with Crippen LogP contribution in [0.5, 0.6) is 0 Å². The van der Waals surface area contributed by atoms with Crippen molar-refractivity contribution < 1.29 is 9.53 Å². The van der Waals surface area contributed by atoms with Crippen LogP contribution in [0, 0.1) is 35.5 Å². The Morgan fingerprint density at radius 2 is 1.65 bits per heavy atom. The summed E-state index contributed by atoms with van der Waals surface area (Å²) in [6.45, 7) is 4.17. The molecule has 0 amide bonds. The molecule has 4 fully saturated rings. The molecule has 4 aliphatic rings. The normalized spacial score (nSPS) is 39.4. The monoisotopic (exact) mass is 276 g/mol. The molecule has 4 rings (SSSR count). The third kappa shape index (κ3) is 2.54. The van der Waals surface area contributed by atoms with Gasteiger partial charge in [0.25, 0.3) is 0 Å². The van der Waals surface area contributed by atoms with Crippen LogP contribution in [-0.2, 0) is 9.53 Å². The van der Waals surface area contributed by atoms with Crippen LogP contribution in [0.4, 0.5) is 0 Å². The molecule has 0 heterocycles. The van der Waals surface area contributed by atoms with Crippen LogP contribution in [0.1, 0.15) is 52.4 Å². The Labute approximate surface area is 123 Å². The molecule has 2 nitrogen and oxygen atoms in total. The van der Waals surface area contributed by atoms with Gasteiger partial charge in [-0.15, -0.1) is 0 Å². The molecule has 0 aliphatic heterocycles. The molecule has 2 heteroatoms. The van der Waals surface area contributed by atoms with Crippen LogP contribution >= 0.6 is 0 Å². The molecular formula is C18H28O2. The lowest BCUT2D eigenvalue weighted by Crippen LogP contribution is -2.44. The summed E-state index contributed by atoms with van der Waals surface area (Å²) < 4.78 is 4.92. The minimum atomic E-state index is -0.135. The van der Waals surface area contributed by atoms with E-state index in [1.54, 1.807) is 0 Å². The van der Waals surface area contributed by atoms with E-state index in [-0.39, 0.29) is 11.9 Å². The lowest BCUT2D eigenvalue weighted by atomic mass is 9.51. The highest BCUT2D eigenvalue weighted by Gasteiger charge is 2.47. The van der Waals surface area contributed by atoms with Gasteiger partial charge in [-0.1, -0.05) is 19.9 Å². The number of allylic oxidation sites excluding steroid dienone is 1. The van der Waals surface area contributed by atoms with Crippen LogP contribution in [-0.4, -0.2) is 13.1 Å². The first-order valence-electron chi connectivity index (χ1n) is 8.36. The number of hydrogen-bond acceptors (Lipinski definition) is 2. The van der Waals surface area contributed by atoms with Crippen LogP contribution in [0.3, 0.4) is 0 Å². The predicted octanol–water partition coefficient (Wildman–Crippen LogP) is 4.20. The fourth-order valence-electron chi connectivity index (χ4n) is 5.36. The molecule has 0 aromatic heterocycles. The van der Waals surface area contributed by atoms with Gasteiger partial charge in [0.1, 0.15) is 0 Å². The fourth-order valence-corrected chi connectivity index (χ4v) is 5.36. The molecule has 112 valence electrons. The highest BCUT2D eigenvalue weighted by atomic mass is 16.5. The predicted molar refractivity (Wildman–Crippen MR) is 80.1 cm³/mol. The summed E-state index contributed by atoms with van der Waals surface area (Å²) in [6, 6.07) is 0. The Balaban J connectivity index is 1.69. The van der Waals surface area contributed by atoms with Crippen molar-refractivity contribution in [3.63, 3.8) is 0 Å². The SMILES string of the molecule is COC(=O)C(=CCC1C2CC3CC(C2)CC1C3)C(C)C. The molecular weight excluding hydrogens is 248 g/mol. The summed E-state index contributed by atoms with van der Waals surface area (Å²) >= 11 is 0. The van der Waals surface area contributed by atoms with Crippen LogP contribution in [0.25, 0.3) is 0 Å². The van der Waals surface area contributed by atoms with E-state index in [4.69, 9.17) is 4.74 Å². The van der Waals surface area contributed by atoms with Crippen molar-refractivity contribution in [2.24, 2.45) is 35.5 Å². The van der Waals surface area contributed by atoms with E-state index in [0.29, 0.717) is 0 Å². The second-order valence-corrected chi connectivity index (χ2v) is 7.64. The third-order valence-corrected chi connectivity index (χ3v) is 6.08. The molecule has 0 N–H and O–H groups in total. The molecule has 4 aliphatic carbocycles. The molecule has 0 unspecified atom stereocenters. The molecule has 4 saturated carbocycles. The largest absolute Gasteiger partial charge is 0.466 e. The summed E-state index contributed by atoms with van der Waals surface area (Å²) in [7, 11) is 1.49. The molecule has 4 bridgehead atoms. The van der Waals surface area contributed by atoms with Gasteiger partial charge in [-0.25, -0.2) is 4.79 Å². The van der Waals surface area contributed by atoms with E-state index in [1.807, 2.05) is 0 Å². The van der Waals surface area contributed by atoms with Gasteiger partial charge in [0.05, 0.1) is 7.11 Å². The minimum Gasteiger partial charge on any atom is -0.466 e. The fraction of sp³-hybridized carbons (Fsp3) is 0.833. The van der Waals surface area contributed by atoms with Crippen LogP contribution in [0.15, 0.2) is 11.6 Å². The zero-order chi connectivity index (χ0) is 14.3. The van der Waals surface area contributed by atoms with Gasteiger partial charge in [-0.2, -0.15) is 0 Å². The van der Waals surface area contributed by atoms with Crippen molar-refractivity contribution in [1.29, 1.82) is 0 Å². The highest BCUT2D eigenvalue weighted by molar-refractivity contribution is 5.88. The number of esters is 1. The third-order valence-electron chi connectivity index (χ3n) is 6.08. The number of carbonyl (C=O) groups is 1. The standard InChI is InChI=1S/C18H28O2/c1-11(2)16(18(19)20-3)4-5-17-14-7-12-6-13(9-14)10-15(17)8-12/h4,11-15,17H,5-10H2,1-3H3. The number of carbonyl (C=O) groups excluding carboxylic acids is 1. The lowest BCUT2D eigenvalue weighted by Gasteiger charge is -2.54. The maximum Gasteiger partial charge on any atom is 0.333 e. The average Bonchev–Trinajstić information content (AvgIpc) is 2.40. The van der Waals surface area contributed by atoms with Crippen molar-refractivity contribution in [1.82, 2.24) is 0 Å². The molecule has 0 radical (unpaired) electrons. The van der Waals surface area contributed by atoms with Crippen LogP contribution < -0.4 is 0 Å².